The number of aryl methyl sites for hydroxylation is 1. The molecule has 5 heteroatoms. The second-order valence-corrected chi connectivity index (χ2v) is 4.12. The van der Waals surface area contributed by atoms with Crippen LogP contribution >= 0.6 is 0 Å². The standard InChI is InChI=1S/C13H10BF3O/c1-8-3-2-4-9(5-8)14(18)10-6-11(15)13(17)12(16)7-10/h2-7,18H,1H3. The second kappa shape index (κ2) is 4.86. The van der Waals surface area contributed by atoms with Gasteiger partial charge in [0.25, 0.3) is 0 Å². The Hall–Kier alpha value is -1.75. The lowest BCUT2D eigenvalue weighted by molar-refractivity contribution is 0.448. The van der Waals surface area contributed by atoms with Crippen LogP contribution in [0.5, 0.6) is 0 Å². The monoisotopic (exact) mass is 250 g/mol. The Bertz CT molecular complexity index is 563. The molecular formula is C13H10BF3O. The molecule has 0 saturated heterocycles. The van der Waals surface area contributed by atoms with Gasteiger partial charge in [-0.2, -0.15) is 0 Å². The fraction of sp³-hybridized carbons (Fsp3) is 0.0769. The molecule has 0 aliphatic rings. The first-order chi connectivity index (χ1) is 8.49. The Morgan fingerprint density at radius 3 is 2.11 bits per heavy atom. The van der Waals surface area contributed by atoms with E-state index in [9.17, 15) is 18.2 Å². The quantitative estimate of drug-likeness (QED) is 0.632. The van der Waals surface area contributed by atoms with Crippen molar-refractivity contribution < 1.29 is 18.2 Å². The Morgan fingerprint density at radius 1 is 0.944 bits per heavy atom. The van der Waals surface area contributed by atoms with Gasteiger partial charge in [-0.3, -0.25) is 0 Å². The number of rotatable bonds is 2. The molecule has 0 atom stereocenters. The van der Waals surface area contributed by atoms with Crippen LogP contribution in [-0.4, -0.2) is 11.9 Å². The zero-order valence-corrected chi connectivity index (χ0v) is 9.62. The highest BCUT2D eigenvalue weighted by atomic mass is 19.2. The second-order valence-electron chi connectivity index (χ2n) is 4.12. The van der Waals surface area contributed by atoms with E-state index in [-0.39, 0.29) is 5.46 Å². The van der Waals surface area contributed by atoms with Crippen LogP contribution in [-0.2, 0) is 0 Å². The largest absolute Gasteiger partial charge is 0.443 e. The van der Waals surface area contributed by atoms with E-state index in [0.717, 1.165) is 17.7 Å². The summed E-state index contributed by atoms with van der Waals surface area (Å²) in [4.78, 5) is 0. The molecule has 0 spiro atoms. The Balaban J connectivity index is 2.43. The summed E-state index contributed by atoms with van der Waals surface area (Å²) in [6.45, 7) is 0.650. The summed E-state index contributed by atoms with van der Waals surface area (Å²) in [6.07, 6.45) is 0. The van der Waals surface area contributed by atoms with Gasteiger partial charge in [0.2, 0.25) is 0 Å². The third-order valence-electron chi connectivity index (χ3n) is 2.68. The molecule has 2 aromatic carbocycles. The first-order valence-corrected chi connectivity index (χ1v) is 5.38. The molecule has 1 nitrogen and oxygen atoms in total. The summed E-state index contributed by atoms with van der Waals surface area (Å²) in [7, 11) is 0. The van der Waals surface area contributed by atoms with E-state index in [1.165, 1.54) is 0 Å². The van der Waals surface area contributed by atoms with E-state index in [0.29, 0.717) is 5.46 Å². The molecule has 0 unspecified atom stereocenters. The van der Waals surface area contributed by atoms with Crippen molar-refractivity contribution in [2.45, 2.75) is 6.92 Å². The summed E-state index contributed by atoms with van der Waals surface area (Å²) in [5.74, 6) is -4.15. The van der Waals surface area contributed by atoms with Crippen LogP contribution < -0.4 is 10.9 Å². The van der Waals surface area contributed by atoms with Crippen molar-refractivity contribution in [2.75, 3.05) is 0 Å². The van der Waals surface area contributed by atoms with Crippen molar-refractivity contribution >= 4 is 17.8 Å². The predicted molar refractivity (Wildman–Crippen MR) is 64.7 cm³/mol. The highest BCUT2D eigenvalue weighted by Gasteiger charge is 2.21. The average Bonchev–Trinajstić information content (AvgIpc) is 2.34. The Kier molecular flexibility index (Phi) is 3.43. The molecule has 2 rings (SSSR count). The van der Waals surface area contributed by atoms with Crippen LogP contribution in [0.15, 0.2) is 36.4 Å². The molecule has 0 fully saturated rings. The number of hydrogen-bond donors (Lipinski definition) is 1. The summed E-state index contributed by atoms with van der Waals surface area (Å²) >= 11 is 0. The van der Waals surface area contributed by atoms with E-state index in [1.807, 2.05) is 13.0 Å². The van der Waals surface area contributed by atoms with Gasteiger partial charge in [0.05, 0.1) is 0 Å². The molecule has 1 N–H and O–H groups in total. The van der Waals surface area contributed by atoms with Gasteiger partial charge in [0.15, 0.2) is 17.5 Å². The van der Waals surface area contributed by atoms with E-state index in [4.69, 9.17) is 0 Å². The minimum atomic E-state index is -1.53. The minimum absolute atomic E-state index is 0.0167. The van der Waals surface area contributed by atoms with Gasteiger partial charge in [-0.05, 0) is 30.0 Å². The summed E-state index contributed by atoms with van der Waals surface area (Å²) in [6, 6.07) is 8.49. The van der Waals surface area contributed by atoms with Gasteiger partial charge in [-0.25, -0.2) is 13.2 Å². The summed E-state index contributed by atoms with van der Waals surface area (Å²) < 4.78 is 38.9. The van der Waals surface area contributed by atoms with Crippen molar-refractivity contribution in [1.29, 1.82) is 0 Å². The fourth-order valence-electron chi connectivity index (χ4n) is 1.77. The molecule has 18 heavy (non-hydrogen) atoms. The average molecular weight is 250 g/mol. The lowest BCUT2D eigenvalue weighted by Gasteiger charge is -2.09. The first kappa shape index (κ1) is 12.7. The molecular weight excluding hydrogens is 240 g/mol. The van der Waals surface area contributed by atoms with Gasteiger partial charge in [-0.15, -0.1) is 0 Å². The smallest absolute Gasteiger partial charge is 0.359 e. The van der Waals surface area contributed by atoms with Gasteiger partial charge < -0.3 is 5.02 Å². The molecule has 0 radical (unpaired) electrons. The molecule has 0 bridgehead atoms. The van der Waals surface area contributed by atoms with Crippen molar-refractivity contribution in [1.82, 2.24) is 0 Å². The lowest BCUT2D eigenvalue weighted by atomic mass is 9.56. The molecule has 0 aliphatic heterocycles. The van der Waals surface area contributed by atoms with Crippen LogP contribution in [0.2, 0.25) is 0 Å². The number of hydrogen-bond acceptors (Lipinski definition) is 1. The normalized spacial score (nSPS) is 10.5. The molecule has 0 saturated carbocycles. The SMILES string of the molecule is Cc1cccc(B(O)c2cc(F)c(F)c(F)c2)c1. The van der Waals surface area contributed by atoms with E-state index < -0.39 is 24.4 Å². The molecule has 0 amide bonds. The molecule has 0 aromatic heterocycles. The van der Waals surface area contributed by atoms with E-state index >= 15 is 0 Å². The van der Waals surface area contributed by atoms with Gasteiger partial charge >= 0.3 is 6.92 Å². The van der Waals surface area contributed by atoms with Crippen LogP contribution in [0, 0.1) is 24.4 Å². The fourth-order valence-corrected chi connectivity index (χ4v) is 1.77. The molecule has 0 heterocycles. The Morgan fingerprint density at radius 2 is 1.56 bits per heavy atom. The lowest BCUT2D eigenvalue weighted by Crippen LogP contribution is -2.43. The predicted octanol–water partition coefficient (Wildman–Crippen LogP) is 1.51. The number of benzene rings is 2. The maximum atomic E-state index is 13.1. The topological polar surface area (TPSA) is 20.2 Å². The van der Waals surface area contributed by atoms with Crippen molar-refractivity contribution in [3.8, 4) is 0 Å². The maximum Gasteiger partial charge on any atom is 0.359 e. The highest BCUT2D eigenvalue weighted by Crippen LogP contribution is 2.08. The molecule has 2 aromatic rings. The summed E-state index contributed by atoms with van der Waals surface area (Å²) in [5, 5.41) is 10.0. The number of halogens is 3. The van der Waals surface area contributed by atoms with E-state index in [1.54, 1.807) is 18.2 Å². The van der Waals surface area contributed by atoms with Crippen LogP contribution in [0.25, 0.3) is 0 Å². The third-order valence-corrected chi connectivity index (χ3v) is 2.68. The zero-order chi connectivity index (χ0) is 13.3. The van der Waals surface area contributed by atoms with Crippen LogP contribution in [0.3, 0.4) is 0 Å². The van der Waals surface area contributed by atoms with E-state index in [2.05, 4.69) is 0 Å². The first-order valence-electron chi connectivity index (χ1n) is 5.38. The minimum Gasteiger partial charge on any atom is -0.443 e. The van der Waals surface area contributed by atoms with Crippen LogP contribution in [0.4, 0.5) is 13.2 Å². The van der Waals surface area contributed by atoms with Gasteiger partial charge in [0, 0.05) is 0 Å². The van der Waals surface area contributed by atoms with Gasteiger partial charge in [-0.1, -0.05) is 29.8 Å². The van der Waals surface area contributed by atoms with Crippen molar-refractivity contribution in [3.05, 3.63) is 59.4 Å². The third kappa shape index (κ3) is 2.41. The molecule has 0 aliphatic carbocycles. The van der Waals surface area contributed by atoms with Crippen molar-refractivity contribution in [2.24, 2.45) is 0 Å². The van der Waals surface area contributed by atoms with Crippen LogP contribution in [0.1, 0.15) is 5.56 Å². The zero-order valence-electron chi connectivity index (χ0n) is 9.62. The maximum absolute atomic E-state index is 13.1. The highest BCUT2D eigenvalue weighted by molar-refractivity contribution is 6.78. The van der Waals surface area contributed by atoms with Crippen molar-refractivity contribution in [3.63, 3.8) is 0 Å². The van der Waals surface area contributed by atoms with Gasteiger partial charge in [0.1, 0.15) is 0 Å². The molecule has 92 valence electrons. The Labute approximate surface area is 103 Å². The summed E-state index contributed by atoms with van der Waals surface area (Å²) in [5.41, 5.74) is 1.40.